The maximum atomic E-state index is 13.2. The van der Waals surface area contributed by atoms with E-state index >= 15 is 0 Å². The quantitative estimate of drug-likeness (QED) is 0.758. The molecule has 1 atom stereocenters. The lowest BCUT2D eigenvalue weighted by atomic mass is 10.0. The third-order valence-corrected chi connectivity index (χ3v) is 5.73. The molecule has 0 N–H and O–H groups in total. The van der Waals surface area contributed by atoms with E-state index in [4.69, 9.17) is 0 Å². The van der Waals surface area contributed by atoms with Gasteiger partial charge in [-0.1, -0.05) is 39.8 Å². The summed E-state index contributed by atoms with van der Waals surface area (Å²) in [5, 5.41) is 0.406. The summed E-state index contributed by atoms with van der Waals surface area (Å²) in [6, 6.07) is 6.23. The highest BCUT2D eigenvalue weighted by Crippen LogP contribution is 2.22. The van der Waals surface area contributed by atoms with Crippen molar-refractivity contribution in [2.75, 3.05) is 18.8 Å². The zero-order valence-corrected chi connectivity index (χ0v) is 16.9. The Morgan fingerprint density at radius 1 is 1.23 bits per heavy atom. The lowest BCUT2D eigenvalue weighted by molar-refractivity contribution is -0.134. The number of hydrogen-bond acceptors (Lipinski definition) is 3. The molecule has 1 aliphatic rings. The molecule has 0 aliphatic carbocycles. The number of benzene rings is 1. The second-order valence-corrected chi connectivity index (χ2v) is 8.97. The minimum atomic E-state index is -0.282. The van der Waals surface area contributed by atoms with Crippen LogP contribution in [0.3, 0.4) is 0 Å². The van der Waals surface area contributed by atoms with Crippen molar-refractivity contribution in [3.8, 4) is 0 Å². The highest BCUT2D eigenvalue weighted by atomic mass is 32.2. The molecule has 0 bridgehead atoms. The number of thioether (sulfide) groups is 1. The molecule has 0 spiro atoms. The van der Waals surface area contributed by atoms with Crippen molar-refractivity contribution < 1.29 is 14.0 Å². The predicted octanol–water partition coefficient (Wildman–Crippen LogP) is 3.55. The molecule has 1 fully saturated rings. The summed E-state index contributed by atoms with van der Waals surface area (Å²) < 4.78 is 13.2. The van der Waals surface area contributed by atoms with Gasteiger partial charge in [0.1, 0.15) is 5.82 Å². The Kier molecular flexibility index (Phi) is 7.50. The first kappa shape index (κ1) is 20.7. The molecule has 0 unspecified atom stereocenters. The Labute approximate surface area is 160 Å². The average molecular weight is 381 g/mol. The van der Waals surface area contributed by atoms with Gasteiger partial charge in [-0.15, -0.1) is 11.8 Å². The van der Waals surface area contributed by atoms with Crippen LogP contribution in [0.15, 0.2) is 24.3 Å². The molecule has 26 heavy (non-hydrogen) atoms. The maximum absolute atomic E-state index is 13.2. The molecule has 0 aromatic heterocycles. The molecule has 1 aromatic carbocycles. The second kappa shape index (κ2) is 9.40. The van der Waals surface area contributed by atoms with E-state index in [1.165, 1.54) is 12.1 Å². The predicted molar refractivity (Wildman–Crippen MR) is 104 cm³/mol. The van der Waals surface area contributed by atoms with Crippen LogP contribution in [0.2, 0.25) is 0 Å². The van der Waals surface area contributed by atoms with Gasteiger partial charge in [-0.2, -0.15) is 0 Å². The minimum absolute atomic E-state index is 0.0388. The largest absolute Gasteiger partial charge is 0.339 e. The van der Waals surface area contributed by atoms with Crippen molar-refractivity contribution in [2.24, 2.45) is 5.92 Å². The van der Waals surface area contributed by atoms with Crippen LogP contribution < -0.4 is 0 Å². The number of halogens is 1. The van der Waals surface area contributed by atoms with Gasteiger partial charge in [0.2, 0.25) is 11.8 Å². The summed E-state index contributed by atoms with van der Waals surface area (Å²) in [6.07, 6.45) is 0.336. The van der Waals surface area contributed by atoms with Gasteiger partial charge >= 0.3 is 0 Å². The van der Waals surface area contributed by atoms with Gasteiger partial charge in [0.15, 0.2) is 0 Å². The number of amides is 2. The minimum Gasteiger partial charge on any atom is -0.339 e. The van der Waals surface area contributed by atoms with Gasteiger partial charge in [-0.3, -0.25) is 9.59 Å². The Bertz CT molecular complexity index is 619. The van der Waals surface area contributed by atoms with Crippen LogP contribution in [0.25, 0.3) is 0 Å². The Morgan fingerprint density at radius 2 is 1.88 bits per heavy atom. The van der Waals surface area contributed by atoms with E-state index in [-0.39, 0.29) is 29.6 Å². The number of rotatable bonds is 6. The zero-order chi connectivity index (χ0) is 19.3. The van der Waals surface area contributed by atoms with E-state index in [0.717, 1.165) is 5.56 Å². The number of carbonyl (C=O) groups is 2. The summed E-state index contributed by atoms with van der Waals surface area (Å²) in [7, 11) is 0. The van der Waals surface area contributed by atoms with E-state index < -0.39 is 0 Å². The maximum Gasteiger partial charge on any atom is 0.232 e. The summed E-state index contributed by atoms with van der Waals surface area (Å²) in [5.74, 6) is 0.557. The standard InChI is InChI=1S/C20H29FN2O2S/c1-14(2)18-12-22(20(25)13-26-15(3)4)10-9-19(24)23(18)11-16-5-7-17(21)8-6-16/h5-8,14-15,18H,9-13H2,1-4H3/t18-/m0/s1. The Balaban J connectivity index is 2.14. The first-order valence-electron chi connectivity index (χ1n) is 9.21. The van der Waals surface area contributed by atoms with Crippen molar-refractivity contribution in [3.05, 3.63) is 35.6 Å². The van der Waals surface area contributed by atoms with Crippen molar-refractivity contribution in [1.29, 1.82) is 0 Å². The number of carbonyl (C=O) groups excluding carboxylic acids is 2. The van der Waals surface area contributed by atoms with Crippen LogP contribution in [-0.2, 0) is 16.1 Å². The third-order valence-electron chi connectivity index (χ3n) is 4.65. The molecule has 144 valence electrons. The average Bonchev–Trinajstić information content (AvgIpc) is 2.75. The lowest BCUT2D eigenvalue weighted by Gasteiger charge is -2.34. The molecule has 2 amide bonds. The van der Waals surface area contributed by atoms with Gasteiger partial charge in [0.05, 0.1) is 11.8 Å². The molecule has 1 saturated heterocycles. The highest BCUT2D eigenvalue weighted by molar-refractivity contribution is 8.00. The number of nitrogens with zero attached hydrogens (tertiary/aromatic N) is 2. The van der Waals surface area contributed by atoms with Crippen LogP contribution in [0.1, 0.15) is 39.7 Å². The van der Waals surface area contributed by atoms with E-state index in [1.807, 2.05) is 9.80 Å². The van der Waals surface area contributed by atoms with E-state index in [1.54, 1.807) is 23.9 Å². The molecule has 4 nitrogen and oxygen atoms in total. The van der Waals surface area contributed by atoms with Crippen LogP contribution in [0, 0.1) is 11.7 Å². The zero-order valence-electron chi connectivity index (χ0n) is 16.1. The van der Waals surface area contributed by atoms with Gasteiger partial charge in [0, 0.05) is 26.1 Å². The van der Waals surface area contributed by atoms with E-state index in [9.17, 15) is 14.0 Å². The molecule has 1 aromatic rings. The van der Waals surface area contributed by atoms with E-state index in [2.05, 4.69) is 27.7 Å². The fraction of sp³-hybridized carbons (Fsp3) is 0.600. The van der Waals surface area contributed by atoms with Crippen LogP contribution in [0.5, 0.6) is 0 Å². The van der Waals surface area contributed by atoms with Crippen LogP contribution in [0.4, 0.5) is 4.39 Å². The van der Waals surface area contributed by atoms with Crippen molar-refractivity contribution in [3.63, 3.8) is 0 Å². The van der Waals surface area contributed by atoms with Gasteiger partial charge in [0.25, 0.3) is 0 Å². The fourth-order valence-corrected chi connectivity index (χ4v) is 3.75. The van der Waals surface area contributed by atoms with E-state index in [0.29, 0.717) is 37.1 Å². The third kappa shape index (κ3) is 5.73. The molecule has 0 radical (unpaired) electrons. The molecule has 1 heterocycles. The first-order valence-corrected chi connectivity index (χ1v) is 10.3. The smallest absolute Gasteiger partial charge is 0.232 e. The summed E-state index contributed by atoms with van der Waals surface area (Å²) in [4.78, 5) is 29.0. The summed E-state index contributed by atoms with van der Waals surface area (Å²) in [5.41, 5.74) is 0.903. The van der Waals surface area contributed by atoms with Crippen LogP contribution in [-0.4, -0.2) is 51.7 Å². The highest BCUT2D eigenvalue weighted by Gasteiger charge is 2.33. The van der Waals surface area contributed by atoms with Crippen LogP contribution >= 0.6 is 11.8 Å². The topological polar surface area (TPSA) is 40.6 Å². The Morgan fingerprint density at radius 3 is 2.46 bits per heavy atom. The van der Waals surface area contributed by atoms with Gasteiger partial charge in [-0.05, 0) is 28.9 Å². The normalized spacial score (nSPS) is 18.6. The SMILES string of the molecule is CC(C)SCC(=O)N1CCC(=O)N(Cc2ccc(F)cc2)[C@H](C(C)C)C1. The molecular formula is C20H29FN2O2S. The lowest BCUT2D eigenvalue weighted by Crippen LogP contribution is -2.47. The molecule has 0 saturated carbocycles. The molecular weight excluding hydrogens is 351 g/mol. The van der Waals surface area contributed by atoms with Gasteiger partial charge in [-0.25, -0.2) is 4.39 Å². The first-order chi connectivity index (χ1) is 12.3. The summed E-state index contributed by atoms with van der Waals surface area (Å²) in [6.45, 7) is 9.78. The summed E-state index contributed by atoms with van der Waals surface area (Å²) >= 11 is 1.63. The second-order valence-electron chi connectivity index (χ2n) is 7.41. The van der Waals surface area contributed by atoms with Gasteiger partial charge < -0.3 is 9.80 Å². The molecule has 2 rings (SSSR count). The van der Waals surface area contributed by atoms with Crippen molar-refractivity contribution in [2.45, 2.75) is 52.0 Å². The Hall–Kier alpha value is -1.56. The molecule has 1 aliphatic heterocycles. The van der Waals surface area contributed by atoms with Crippen molar-refractivity contribution >= 4 is 23.6 Å². The monoisotopic (exact) mass is 380 g/mol. The number of hydrogen-bond donors (Lipinski definition) is 0. The molecule has 6 heteroatoms. The van der Waals surface area contributed by atoms with Crippen molar-refractivity contribution in [1.82, 2.24) is 9.80 Å². The fourth-order valence-electron chi connectivity index (χ4n) is 3.09.